The van der Waals surface area contributed by atoms with Crippen molar-refractivity contribution >= 4 is 34.9 Å². The van der Waals surface area contributed by atoms with Crippen LogP contribution in [-0.4, -0.2) is 77.5 Å². The summed E-state index contributed by atoms with van der Waals surface area (Å²) in [6.45, 7) is 0.844. The second-order valence-electron chi connectivity index (χ2n) is 11.7. The van der Waals surface area contributed by atoms with E-state index in [1.807, 2.05) is 9.30 Å². The maximum absolute atomic E-state index is 13.3. The number of fused-ring (bicyclic) bond motifs is 2. The average Bonchev–Trinajstić information content (AvgIpc) is 3.49. The largest absolute Gasteiger partial charge is 0.416 e. The SMILES string of the molecule is Nc1nccn2c([C@@H]3CC[C@H]4CN(C(=O)c5ccncc5)CC(=O)N4C3)nc(-c3ccc(C(=O)Nc4cc(C(F)(F)F)ccn4)cc3)c12. The van der Waals surface area contributed by atoms with Crippen LogP contribution in [0, 0.1) is 0 Å². The van der Waals surface area contributed by atoms with Crippen LogP contribution in [0.4, 0.5) is 24.8 Å². The van der Waals surface area contributed by atoms with Gasteiger partial charge in [-0.3, -0.25) is 23.8 Å². The Labute approximate surface area is 271 Å². The first-order chi connectivity index (χ1) is 23.1. The minimum atomic E-state index is -4.57. The molecule has 48 heavy (non-hydrogen) atoms. The Bertz CT molecular complexity index is 2030. The molecule has 244 valence electrons. The number of anilines is 2. The quantitative estimate of drug-likeness (QED) is 0.285. The van der Waals surface area contributed by atoms with Crippen molar-refractivity contribution < 1.29 is 27.6 Å². The van der Waals surface area contributed by atoms with Gasteiger partial charge in [0.15, 0.2) is 0 Å². The number of nitrogens with one attached hydrogen (secondary N) is 1. The summed E-state index contributed by atoms with van der Waals surface area (Å²) in [5.74, 6) is -0.359. The minimum Gasteiger partial charge on any atom is -0.382 e. The number of halogens is 3. The summed E-state index contributed by atoms with van der Waals surface area (Å²) in [7, 11) is 0. The van der Waals surface area contributed by atoms with Gasteiger partial charge in [-0.15, -0.1) is 0 Å². The van der Waals surface area contributed by atoms with Gasteiger partial charge < -0.3 is 20.9 Å². The maximum Gasteiger partial charge on any atom is 0.416 e. The number of benzene rings is 1. The van der Waals surface area contributed by atoms with Crippen LogP contribution in [0.3, 0.4) is 0 Å². The molecule has 6 heterocycles. The van der Waals surface area contributed by atoms with Crippen molar-refractivity contribution in [3.8, 4) is 11.3 Å². The van der Waals surface area contributed by atoms with Gasteiger partial charge in [0, 0.05) is 72.7 Å². The molecule has 4 aromatic heterocycles. The molecule has 0 saturated carbocycles. The third-order valence-corrected chi connectivity index (χ3v) is 8.72. The molecule has 1 aromatic carbocycles. The van der Waals surface area contributed by atoms with Crippen LogP contribution in [-0.2, 0) is 11.0 Å². The van der Waals surface area contributed by atoms with Gasteiger partial charge in [0.2, 0.25) is 5.91 Å². The van der Waals surface area contributed by atoms with Crippen molar-refractivity contribution in [2.24, 2.45) is 0 Å². The summed E-state index contributed by atoms with van der Waals surface area (Å²) in [5.41, 5.74) is 7.84. The highest BCUT2D eigenvalue weighted by Crippen LogP contribution is 2.36. The van der Waals surface area contributed by atoms with Crippen molar-refractivity contribution in [3.05, 3.63) is 102 Å². The normalized spacial score (nSPS) is 18.1. The van der Waals surface area contributed by atoms with Gasteiger partial charge in [0.25, 0.3) is 11.8 Å². The van der Waals surface area contributed by atoms with Crippen LogP contribution in [0.2, 0.25) is 0 Å². The fourth-order valence-electron chi connectivity index (χ4n) is 6.36. The zero-order valence-electron chi connectivity index (χ0n) is 25.3. The number of amides is 3. The van der Waals surface area contributed by atoms with Gasteiger partial charge in [-0.05, 0) is 49.2 Å². The molecule has 2 aliphatic rings. The molecule has 12 nitrogen and oxygen atoms in total. The molecule has 0 radical (unpaired) electrons. The van der Waals surface area contributed by atoms with Crippen LogP contribution >= 0.6 is 0 Å². The van der Waals surface area contributed by atoms with Crippen molar-refractivity contribution in [1.29, 1.82) is 0 Å². The van der Waals surface area contributed by atoms with Crippen molar-refractivity contribution in [2.45, 2.75) is 31.0 Å². The van der Waals surface area contributed by atoms with E-state index >= 15 is 0 Å². The Balaban J connectivity index is 1.11. The van der Waals surface area contributed by atoms with E-state index in [0.29, 0.717) is 47.7 Å². The molecule has 0 spiro atoms. The lowest BCUT2D eigenvalue weighted by atomic mass is 9.90. The number of nitrogens with two attached hydrogens (primary N) is 1. The number of imidazole rings is 1. The molecule has 7 rings (SSSR count). The molecule has 3 N–H and O–H groups in total. The molecule has 2 fully saturated rings. The molecule has 0 aliphatic carbocycles. The van der Waals surface area contributed by atoms with E-state index < -0.39 is 17.6 Å². The number of piperazine rings is 1. The van der Waals surface area contributed by atoms with Gasteiger partial charge in [0.1, 0.15) is 35.2 Å². The third-order valence-electron chi connectivity index (χ3n) is 8.72. The summed E-state index contributed by atoms with van der Waals surface area (Å²) in [5, 5.41) is 2.40. The Morgan fingerprint density at radius 3 is 2.44 bits per heavy atom. The molecule has 15 heteroatoms. The Hall–Kier alpha value is -5.86. The monoisotopic (exact) mass is 655 g/mol. The number of nitrogens with zero attached hydrogens (tertiary/aromatic N) is 7. The van der Waals surface area contributed by atoms with Gasteiger partial charge >= 0.3 is 6.18 Å². The zero-order valence-corrected chi connectivity index (χ0v) is 25.3. The molecule has 0 unspecified atom stereocenters. The lowest BCUT2D eigenvalue weighted by Crippen LogP contribution is -2.60. The number of pyridine rings is 2. The van der Waals surface area contributed by atoms with Gasteiger partial charge in [-0.2, -0.15) is 13.2 Å². The number of nitrogen functional groups attached to an aromatic ring is 1. The summed E-state index contributed by atoms with van der Waals surface area (Å²) < 4.78 is 41.1. The first kappa shape index (κ1) is 30.8. The predicted molar refractivity (Wildman–Crippen MR) is 168 cm³/mol. The van der Waals surface area contributed by atoms with E-state index in [4.69, 9.17) is 10.7 Å². The average molecular weight is 656 g/mol. The number of carbonyl (C=O) groups is 3. The lowest BCUT2D eigenvalue weighted by Gasteiger charge is -2.45. The Morgan fingerprint density at radius 2 is 1.69 bits per heavy atom. The standard InChI is InChI=1S/C33H28F3N9O3/c34-33(35,36)23-9-12-39-25(15-23)41-31(47)20-3-1-19(2-4-20)27-28-29(37)40-13-14-44(28)30(42-27)22-5-6-24-17-43(18-26(46)45(24)16-22)32(48)21-7-10-38-11-8-21/h1-4,7-15,22,24H,5-6,16-18H2,(H2,37,40)(H,39,41,47)/t22-,24+/m1/s1. The second kappa shape index (κ2) is 12.1. The molecule has 5 aromatic rings. The number of hydrogen-bond donors (Lipinski definition) is 2. The van der Waals surface area contributed by atoms with Gasteiger partial charge in [-0.1, -0.05) is 12.1 Å². The third kappa shape index (κ3) is 5.78. The molecular formula is C33H28F3N9O3. The number of aromatic nitrogens is 5. The van der Waals surface area contributed by atoms with E-state index in [2.05, 4.69) is 20.3 Å². The first-order valence-corrected chi connectivity index (χ1v) is 15.1. The number of piperidine rings is 1. The number of carbonyl (C=O) groups excluding carboxylic acids is 3. The molecular weight excluding hydrogens is 627 g/mol. The van der Waals surface area contributed by atoms with Crippen LogP contribution in [0.1, 0.15) is 50.9 Å². The highest BCUT2D eigenvalue weighted by Gasteiger charge is 2.40. The van der Waals surface area contributed by atoms with Crippen molar-refractivity contribution in [3.63, 3.8) is 0 Å². The van der Waals surface area contributed by atoms with Crippen LogP contribution in [0.5, 0.6) is 0 Å². The highest BCUT2D eigenvalue weighted by atomic mass is 19.4. The van der Waals surface area contributed by atoms with E-state index in [0.717, 1.165) is 24.8 Å². The molecule has 2 atom stereocenters. The Kier molecular flexibility index (Phi) is 7.73. The second-order valence-corrected chi connectivity index (χ2v) is 11.7. The lowest BCUT2D eigenvalue weighted by molar-refractivity contribution is -0.141. The van der Waals surface area contributed by atoms with E-state index in [1.54, 1.807) is 54.0 Å². The predicted octanol–water partition coefficient (Wildman–Crippen LogP) is 4.27. The van der Waals surface area contributed by atoms with E-state index in [-0.39, 0.29) is 47.5 Å². The van der Waals surface area contributed by atoms with E-state index in [9.17, 15) is 27.6 Å². The van der Waals surface area contributed by atoms with Crippen LogP contribution in [0.15, 0.2) is 79.5 Å². The summed E-state index contributed by atoms with van der Waals surface area (Å²) in [4.78, 5) is 59.7. The van der Waals surface area contributed by atoms with Gasteiger partial charge in [0.05, 0.1) is 5.56 Å². The molecule has 2 aliphatic heterocycles. The maximum atomic E-state index is 13.3. The van der Waals surface area contributed by atoms with Crippen molar-refractivity contribution in [1.82, 2.24) is 34.1 Å². The van der Waals surface area contributed by atoms with Crippen molar-refractivity contribution in [2.75, 3.05) is 30.7 Å². The fraction of sp³-hybridized carbons (Fsp3) is 0.242. The van der Waals surface area contributed by atoms with Gasteiger partial charge in [-0.25, -0.2) is 15.0 Å². The molecule has 2 saturated heterocycles. The fourth-order valence-corrected chi connectivity index (χ4v) is 6.36. The number of rotatable bonds is 5. The van der Waals surface area contributed by atoms with Crippen LogP contribution < -0.4 is 11.1 Å². The minimum absolute atomic E-state index is 0.0153. The Morgan fingerprint density at radius 1 is 0.917 bits per heavy atom. The summed E-state index contributed by atoms with van der Waals surface area (Å²) >= 11 is 0. The summed E-state index contributed by atoms with van der Waals surface area (Å²) in [6, 6.07) is 11.2. The van der Waals surface area contributed by atoms with Crippen LogP contribution in [0.25, 0.3) is 16.8 Å². The van der Waals surface area contributed by atoms with E-state index in [1.165, 1.54) is 12.1 Å². The molecule has 0 bridgehead atoms. The topological polar surface area (TPSA) is 152 Å². The highest BCUT2D eigenvalue weighted by molar-refractivity contribution is 6.04. The first-order valence-electron chi connectivity index (χ1n) is 15.1. The molecule has 3 amide bonds. The summed E-state index contributed by atoms with van der Waals surface area (Å²) in [6.07, 6.45) is 4.24. The smallest absolute Gasteiger partial charge is 0.382 e. The number of alkyl halides is 3. The zero-order chi connectivity index (χ0) is 33.6. The number of hydrogen-bond acceptors (Lipinski definition) is 8.